The summed E-state index contributed by atoms with van der Waals surface area (Å²) in [6.07, 6.45) is 3.91. The Kier molecular flexibility index (Phi) is 4.52. The Morgan fingerprint density at radius 1 is 1.29 bits per heavy atom. The highest BCUT2D eigenvalue weighted by molar-refractivity contribution is 9.10. The molecule has 3 nitrogen and oxygen atoms in total. The molecule has 2 aliphatic rings. The van der Waals surface area contributed by atoms with Gasteiger partial charge in [0.15, 0.2) is 0 Å². The minimum atomic E-state index is -0.217. The van der Waals surface area contributed by atoms with Crippen LogP contribution < -0.4 is 5.32 Å². The van der Waals surface area contributed by atoms with Crippen molar-refractivity contribution in [2.45, 2.75) is 44.2 Å². The molecule has 1 atom stereocenters. The second kappa shape index (κ2) is 6.23. The molecule has 1 spiro atoms. The van der Waals surface area contributed by atoms with Crippen LogP contribution in [-0.2, 0) is 9.47 Å². The van der Waals surface area contributed by atoms with Crippen LogP contribution in [0, 0.1) is 12.7 Å². The highest BCUT2D eigenvalue weighted by Gasteiger charge is 2.39. The molecule has 2 saturated heterocycles. The first-order valence-corrected chi connectivity index (χ1v) is 8.31. The van der Waals surface area contributed by atoms with Gasteiger partial charge in [-0.05, 0) is 66.2 Å². The summed E-state index contributed by atoms with van der Waals surface area (Å²) in [5.74, 6) is -0.217. The Morgan fingerprint density at radius 2 is 2.05 bits per heavy atom. The minimum Gasteiger partial charge on any atom is -0.382 e. The maximum atomic E-state index is 13.5. The van der Waals surface area contributed by atoms with Crippen LogP contribution in [0.3, 0.4) is 0 Å². The number of rotatable bonds is 2. The highest BCUT2D eigenvalue weighted by atomic mass is 79.9. The summed E-state index contributed by atoms with van der Waals surface area (Å²) >= 11 is 3.26. The van der Waals surface area contributed by atoms with Crippen LogP contribution in [0.15, 0.2) is 16.6 Å². The summed E-state index contributed by atoms with van der Waals surface area (Å²) in [4.78, 5) is 0. The van der Waals surface area contributed by atoms with E-state index in [-0.39, 0.29) is 11.4 Å². The number of hydrogen-bond donors (Lipinski definition) is 1. The lowest BCUT2D eigenvalue weighted by molar-refractivity contribution is -0.135. The molecular formula is C16H21BrFNO2. The lowest BCUT2D eigenvalue weighted by Crippen LogP contribution is -2.47. The van der Waals surface area contributed by atoms with Gasteiger partial charge >= 0.3 is 0 Å². The fourth-order valence-electron chi connectivity index (χ4n) is 3.26. The van der Waals surface area contributed by atoms with E-state index in [1.54, 1.807) is 6.07 Å². The van der Waals surface area contributed by atoms with Gasteiger partial charge in [0, 0.05) is 31.5 Å². The van der Waals surface area contributed by atoms with Crippen molar-refractivity contribution in [2.75, 3.05) is 25.1 Å². The molecule has 0 amide bonds. The monoisotopic (exact) mass is 357 g/mol. The molecule has 116 valence electrons. The number of benzene rings is 1. The average molecular weight is 358 g/mol. The summed E-state index contributed by atoms with van der Waals surface area (Å²) in [5, 5.41) is 3.57. The van der Waals surface area contributed by atoms with E-state index in [1.165, 1.54) is 0 Å². The molecule has 1 unspecified atom stereocenters. The van der Waals surface area contributed by atoms with E-state index in [4.69, 9.17) is 9.47 Å². The van der Waals surface area contributed by atoms with Gasteiger partial charge < -0.3 is 14.8 Å². The van der Waals surface area contributed by atoms with Gasteiger partial charge in [-0.1, -0.05) is 0 Å². The Bertz CT molecular complexity index is 512. The van der Waals surface area contributed by atoms with Crippen molar-refractivity contribution in [1.82, 2.24) is 0 Å². The molecule has 0 bridgehead atoms. The molecule has 2 aliphatic heterocycles. The molecule has 0 aliphatic carbocycles. The van der Waals surface area contributed by atoms with Crippen molar-refractivity contribution in [3.63, 3.8) is 0 Å². The molecule has 0 saturated carbocycles. The molecule has 2 fully saturated rings. The van der Waals surface area contributed by atoms with Gasteiger partial charge in [-0.3, -0.25) is 0 Å². The minimum absolute atomic E-state index is 0.0284. The van der Waals surface area contributed by atoms with Crippen LogP contribution >= 0.6 is 15.9 Å². The largest absolute Gasteiger partial charge is 0.382 e. The van der Waals surface area contributed by atoms with Crippen LogP contribution in [0.25, 0.3) is 0 Å². The van der Waals surface area contributed by atoms with E-state index in [1.807, 2.05) is 13.0 Å². The van der Waals surface area contributed by atoms with Gasteiger partial charge in [-0.2, -0.15) is 0 Å². The molecule has 5 heteroatoms. The first kappa shape index (κ1) is 15.3. The van der Waals surface area contributed by atoms with E-state index in [9.17, 15) is 4.39 Å². The number of halogens is 2. The molecule has 1 aromatic rings. The third kappa shape index (κ3) is 3.41. The van der Waals surface area contributed by atoms with Crippen molar-refractivity contribution < 1.29 is 13.9 Å². The lowest BCUT2D eigenvalue weighted by Gasteiger charge is -2.43. The normalized spacial score (nSPS) is 25.0. The standard InChI is InChI=1S/C16H21BrFNO2/c1-11-8-14(18)13(17)9-15(11)19-12-2-5-21-16(10-12)3-6-20-7-4-16/h8-9,12,19H,2-7,10H2,1H3. The van der Waals surface area contributed by atoms with Gasteiger partial charge in [0.2, 0.25) is 0 Å². The molecule has 0 aromatic heterocycles. The van der Waals surface area contributed by atoms with E-state index in [0.717, 1.165) is 56.8 Å². The fraction of sp³-hybridized carbons (Fsp3) is 0.625. The van der Waals surface area contributed by atoms with Crippen molar-refractivity contribution in [3.8, 4) is 0 Å². The first-order valence-electron chi connectivity index (χ1n) is 7.52. The van der Waals surface area contributed by atoms with E-state index < -0.39 is 0 Å². The zero-order valence-corrected chi connectivity index (χ0v) is 13.8. The predicted octanol–water partition coefficient (Wildman–Crippen LogP) is 4.04. The van der Waals surface area contributed by atoms with Crippen LogP contribution in [0.4, 0.5) is 10.1 Å². The summed E-state index contributed by atoms with van der Waals surface area (Å²) < 4.78 is 25.5. The summed E-state index contributed by atoms with van der Waals surface area (Å²) in [6, 6.07) is 3.76. The van der Waals surface area contributed by atoms with Crippen molar-refractivity contribution in [1.29, 1.82) is 0 Å². The molecular weight excluding hydrogens is 337 g/mol. The zero-order valence-electron chi connectivity index (χ0n) is 12.3. The van der Waals surface area contributed by atoms with Gasteiger partial charge in [0.05, 0.1) is 10.1 Å². The van der Waals surface area contributed by atoms with Crippen LogP contribution in [0.5, 0.6) is 0 Å². The second-order valence-corrected chi connectivity index (χ2v) is 6.91. The summed E-state index contributed by atoms with van der Waals surface area (Å²) in [6.45, 7) is 4.28. The van der Waals surface area contributed by atoms with Crippen LogP contribution in [0.2, 0.25) is 0 Å². The van der Waals surface area contributed by atoms with Gasteiger partial charge in [-0.25, -0.2) is 4.39 Å². The second-order valence-electron chi connectivity index (χ2n) is 6.06. The van der Waals surface area contributed by atoms with E-state index in [2.05, 4.69) is 21.2 Å². The van der Waals surface area contributed by atoms with Gasteiger partial charge in [0.25, 0.3) is 0 Å². The Balaban J connectivity index is 1.71. The molecule has 3 rings (SSSR count). The molecule has 1 aromatic carbocycles. The number of nitrogens with one attached hydrogen (secondary N) is 1. The van der Waals surface area contributed by atoms with E-state index >= 15 is 0 Å². The molecule has 2 heterocycles. The zero-order chi connectivity index (χ0) is 14.9. The molecule has 1 N–H and O–H groups in total. The number of ether oxygens (including phenoxy) is 2. The lowest BCUT2D eigenvalue weighted by atomic mass is 9.84. The Hall–Kier alpha value is -0.650. The van der Waals surface area contributed by atoms with Gasteiger partial charge in [0.1, 0.15) is 5.82 Å². The Morgan fingerprint density at radius 3 is 2.81 bits per heavy atom. The maximum absolute atomic E-state index is 13.5. The quantitative estimate of drug-likeness (QED) is 0.866. The number of anilines is 1. The fourth-order valence-corrected chi connectivity index (χ4v) is 3.61. The van der Waals surface area contributed by atoms with Crippen molar-refractivity contribution in [2.24, 2.45) is 0 Å². The molecule has 21 heavy (non-hydrogen) atoms. The van der Waals surface area contributed by atoms with E-state index in [0.29, 0.717) is 10.5 Å². The maximum Gasteiger partial charge on any atom is 0.137 e. The topological polar surface area (TPSA) is 30.5 Å². The van der Waals surface area contributed by atoms with Gasteiger partial charge in [-0.15, -0.1) is 0 Å². The first-order chi connectivity index (χ1) is 10.1. The smallest absolute Gasteiger partial charge is 0.137 e. The summed E-state index contributed by atoms with van der Waals surface area (Å²) in [7, 11) is 0. The van der Waals surface area contributed by atoms with Crippen molar-refractivity contribution in [3.05, 3.63) is 28.0 Å². The van der Waals surface area contributed by atoms with Crippen LogP contribution in [0.1, 0.15) is 31.2 Å². The Labute approximate surface area is 133 Å². The van der Waals surface area contributed by atoms with Crippen molar-refractivity contribution >= 4 is 21.6 Å². The molecule has 0 radical (unpaired) electrons. The predicted molar refractivity (Wildman–Crippen MR) is 84.2 cm³/mol. The van der Waals surface area contributed by atoms with Crippen LogP contribution in [-0.4, -0.2) is 31.5 Å². The summed E-state index contributed by atoms with van der Waals surface area (Å²) in [5.41, 5.74) is 1.90. The highest BCUT2D eigenvalue weighted by Crippen LogP contribution is 2.36. The number of aryl methyl sites for hydroxylation is 1. The third-order valence-corrected chi connectivity index (χ3v) is 5.13. The third-order valence-electron chi connectivity index (χ3n) is 4.52. The SMILES string of the molecule is Cc1cc(F)c(Br)cc1NC1CCOC2(CCOCC2)C1. The number of hydrogen-bond acceptors (Lipinski definition) is 3. The average Bonchev–Trinajstić information content (AvgIpc) is 2.46.